The smallest absolute Gasteiger partial charge is 0.0717 e. The van der Waals surface area contributed by atoms with Crippen molar-refractivity contribution in [1.29, 1.82) is 0 Å². The summed E-state index contributed by atoms with van der Waals surface area (Å²) >= 11 is 0. The van der Waals surface area contributed by atoms with Crippen LogP contribution in [-0.2, 0) is 11.3 Å². The summed E-state index contributed by atoms with van der Waals surface area (Å²) in [5.41, 5.74) is 1.20. The molecule has 2 nitrogen and oxygen atoms in total. The van der Waals surface area contributed by atoms with Crippen LogP contribution in [-0.4, -0.2) is 18.3 Å². The van der Waals surface area contributed by atoms with Gasteiger partial charge in [-0.3, -0.25) is 0 Å². The molecule has 1 aliphatic carbocycles. The third-order valence-corrected chi connectivity index (χ3v) is 3.74. The summed E-state index contributed by atoms with van der Waals surface area (Å²) in [4.78, 5) is 0. The van der Waals surface area contributed by atoms with E-state index in [0.717, 1.165) is 0 Å². The minimum Gasteiger partial charge on any atom is -0.396 e. The number of aliphatic hydroxyl groups is 1. The first-order chi connectivity index (χ1) is 8.40. The summed E-state index contributed by atoms with van der Waals surface area (Å²) in [6.07, 6.45) is 5.17. The minimum atomic E-state index is 0.263. The predicted molar refractivity (Wildman–Crippen MR) is 68.6 cm³/mol. The molecule has 1 fully saturated rings. The summed E-state index contributed by atoms with van der Waals surface area (Å²) in [6.45, 7) is 1.61. The van der Waals surface area contributed by atoms with Gasteiger partial charge in [-0.1, -0.05) is 56.0 Å². The molecule has 2 heteroatoms. The van der Waals surface area contributed by atoms with Crippen LogP contribution in [0.4, 0.5) is 0 Å². The molecule has 0 spiro atoms. The lowest BCUT2D eigenvalue weighted by Gasteiger charge is -2.20. The third kappa shape index (κ3) is 3.83. The van der Waals surface area contributed by atoms with E-state index in [4.69, 9.17) is 4.74 Å². The van der Waals surface area contributed by atoms with Crippen LogP contribution in [0.5, 0.6) is 0 Å². The van der Waals surface area contributed by atoms with Crippen LogP contribution < -0.4 is 0 Å². The Morgan fingerprint density at radius 3 is 2.53 bits per heavy atom. The van der Waals surface area contributed by atoms with Crippen molar-refractivity contribution < 1.29 is 9.84 Å². The monoisotopic (exact) mass is 234 g/mol. The summed E-state index contributed by atoms with van der Waals surface area (Å²) in [5.74, 6) is 1.01. The van der Waals surface area contributed by atoms with E-state index in [-0.39, 0.29) is 6.61 Å². The van der Waals surface area contributed by atoms with Gasteiger partial charge >= 0.3 is 0 Å². The Labute approximate surface area is 104 Å². The standard InChI is InChI=1S/C15H22O2/c16-10-15(14-8-4-5-9-14)12-17-11-13-6-2-1-3-7-13/h1-3,6-7,14-16H,4-5,8-12H2. The van der Waals surface area contributed by atoms with Gasteiger partial charge in [-0.05, 0) is 11.5 Å². The topological polar surface area (TPSA) is 29.5 Å². The molecule has 0 heterocycles. The normalized spacial score (nSPS) is 18.4. The first-order valence-corrected chi connectivity index (χ1v) is 6.62. The van der Waals surface area contributed by atoms with E-state index in [1.165, 1.54) is 31.2 Å². The lowest BCUT2D eigenvalue weighted by atomic mass is 9.92. The van der Waals surface area contributed by atoms with Gasteiger partial charge < -0.3 is 9.84 Å². The molecule has 1 N–H and O–H groups in total. The molecule has 0 amide bonds. The average molecular weight is 234 g/mol. The molecule has 1 aromatic carbocycles. The SMILES string of the molecule is OCC(COCc1ccccc1)C1CCCC1. The van der Waals surface area contributed by atoms with Crippen molar-refractivity contribution in [3.8, 4) is 0 Å². The zero-order valence-corrected chi connectivity index (χ0v) is 10.3. The molecule has 94 valence electrons. The zero-order valence-electron chi connectivity index (χ0n) is 10.3. The van der Waals surface area contributed by atoms with Crippen molar-refractivity contribution >= 4 is 0 Å². The molecule has 2 rings (SSSR count). The molecule has 1 aliphatic rings. The Hall–Kier alpha value is -0.860. The van der Waals surface area contributed by atoms with E-state index < -0.39 is 0 Å². The Kier molecular flexibility index (Phi) is 5.02. The van der Waals surface area contributed by atoms with Crippen molar-refractivity contribution in [1.82, 2.24) is 0 Å². The van der Waals surface area contributed by atoms with Gasteiger partial charge in [-0.25, -0.2) is 0 Å². The second kappa shape index (κ2) is 6.77. The van der Waals surface area contributed by atoms with Gasteiger partial charge in [0.05, 0.1) is 13.2 Å². The van der Waals surface area contributed by atoms with Crippen molar-refractivity contribution in [2.24, 2.45) is 11.8 Å². The van der Waals surface area contributed by atoms with E-state index >= 15 is 0 Å². The molecule has 0 saturated heterocycles. The van der Waals surface area contributed by atoms with Crippen LogP contribution >= 0.6 is 0 Å². The summed E-state index contributed by atoms with van der Waals surface area (Å²) in [5, 5.41) is 9.40. The number of rotatable bonds is 6. The highest BCUT2D eigenvalue weighted by Gasteiger charge is 2.24. The van der Waals surface area contributed by atoms with Crippen LogP contribution in [0.3, 0.4) is 0 Å². The van der Waals surface area contributed by atoms with E-state index in [9.17, 15) is 5.11 Å². The molecule has 1 atom stereocenters. The Bertz CT molecular complexity index is 304. The Morgan fingerprint density at radius 2 is 1.88 bits per heavy atom. The number of hydrogen-bond acceptors (Lipinski definition) is 2. The maximum Gasteiger partial charge on any atom is 0.0717 e. The van der Waals surface area contributed by atoms with Crippen LogP contribution in [0, 0.1) is 11.8 Å². The lowest BCUT2D eigenvalue weighted by Crippen LogP contribution is -2.21. The van der Waals surface area contributed by atoms with Gasteiger partial charge in [0.2, 0.25) is 0 Å². The van der Waals surface area contributed by atoms with Crippen LogP contribution in [0.15, 0.2) is 30.3 Å². The highest BCUT2D eigenvalue weighted by Crippen LogP contribution is 2.31. The molecule has 0 bridgehead atoms. The van der Waals surface area contributed by atoms with Gasteiger partial charge in [0.1, 0.15) is 0 Å². The molecule has 17 heavy (non-hydrogen) atoms. The molecule has 1 unspecified atom stereocenters. The molecule has 1 aromatic rings. The van der Waals surface area contributed by atoms with Gasteiger partial charge in [0.25, 0.3) is 0 Å². The lowest BCUT2D eigenvalue weighted by molar-refractivity contribution is 0.0391. The maximum absolute atomic E-state index is 9.40. The highest BCUT2D eigenvalue weighted by molar-refractivity contribution is 5.13. The van der Waals surface area contributed by atoms with E-state index in [2.05, 4.69) is 12.1 Å². The van der Waals surface area contributed by atoms with Gasteiger partial charge in [-0.2, -0.15) is 0 Å². The quantitative estimate of drug-likeness (QED) is 0.820. The number of benzene rings is 1. The summed E-state index contributed by atoms with van der Waals surface area (Å²) in [6, 6.07) is 10.2. The van der Waals surface area contributed by atoms with E-state index in [0.29, 0.717) is 25.0 Å². The largest absolute Gasteiger partial charge is 0.396 e. The number of aliphatic hydroxyl groups excluding tert-OH is 1. The second-order valence-electron chi connectivity index (χ2n) is 4.99. The zero-order chi connectivity index (χ0) is 11.9. The fraction of sp³-hybridized carbons (Fsp3) is 0.600. The summed E-state index contributed by atoms with van der Waals surface area (Å²) in [7, 11) is 0. The molecule has 0 aliphatic heterocycles. The molecule has 1 saturated carbocycles. The minimum absolute atomic E-state index is 0.263. The van der Waals surface area contributed by atoms with Crippen LogP contribution in [0.2, 0.25) is 0 Å². The van der Waals surface area contributed by atoms with Gasteiger partial charge in [0, 0.05) is 12.5 Å². The van der Waals surface area contributed by atoms with Crippen molar-refractivity contribution in [2.75, 3.05) is 13.2 Å². The molecule has 0 aromatic heterocycles. The first kappa shape index (κ1) is 12.6. The first-order valence-electron chi connectivity index (χ1n) is 6.62. The van der Waals surface area contributed by atoms with Crippen molar-refractivity contribution in [3.05, 3.63) is 35.9 Å². The van der Waals surface area contributed by atoms with E-state index in [1.807, 2.05) is 18.2 Å². The molecular formula is C15H22O2. The number of hydrogen-bond donors (Lipinski definition) is 1. The number of ether oxygens (including phenoxy) is 1. The van der Waals surface area contributed by atoms with Crippen LogP contribution in [0.25, 0.3) is 0 Å². The van der Waals surface area contributed by atoms with Crippen molar-refractivity contribution in [3.63, 3.8) is 0 Å². The Morgan fingerprint density at radius 1 is 1.18 bits per heavy atom. The molecular weight excluding hydrogens is 212 g/mol. The fourth-order valence-corrected chi connectivity index (χ4v) is 2.67. The fourth-order valence-electron chi connectivity index (χ4n) is 2.67. The molecule has 0 radical (unpaired) electrons. The average Bonchev–Trinajstić information content (AvgIpc) is 2.90. The predicted octanol–water partition coefficient (Wildman–Crippen LogP) is 3.00. The van der Waals surface area contributed by atoms with Gasteiger partial charge in [-0.15, -0.1) is 0 Å². The van der Waals surface area contributed by atoms with E-state index in [1.54, 1.807) is 0 Å². The Balaban J connectivity index is 1.72. The van der Waals surface area contributed by atoms with Crippen LogP contribution in [0.1, 0.15) is 31.2 Å². The highest BCUT2D eigenvalue weighted by atomic mass is 16.5. The second-order valence-corrected chi connectivity index (χ2v) is 4.99. The van der Waals surface area contributed by atoms with Crippen molar-refractivity contribution in [2.45, 2.75) is 32.3 Å². The maximum atomic E-state index is 9.40. The third-order valence-electron chi connectivity index (χ3n) is 3.74. The summed E-state index contributed by atoms with van der Waals surface area (Å²) < 4.78 is 5.73. The van der Waals surface area contributed by atoms with Gasteiger partial charge in [0.15, 0.2) is 0 Å².